The number of fused-ring (bicyclic) bond motifs is 1. The molecule has 23 heavy (non-hydrogen) atoms. The van der Waals surface area contributed by atoms with Gasteiger partial charge in [-0.15, -0.1) is 11.8 Å². The number of amides is 1. The summed E-state index contributed by atoms with van der Waals surface area (Å²) in [4.78, 5) is 18.4. The minimum absolute atomic E-state index is 0.0491. The lowest BCUT2D eigenvalue weighted by Crippen LogP contribution is -2.28. The van der Waals surface area contributed by atoms with E-state index in [2.05, 4.69) is 15.2 Å². The standard InChI is InChI=1S/C16H14N4O2S/c1-22-11-6-4-10(5-7-11)16-20(13(21)9-23-16)15-12-3-2-8-17-14(12)18-19-15/h2-8,16H,9H2,1H3,(H,17,18,19)/t16-/m0/s1. The molecule has 0 unspecified atom stereocenters. The summed E-state index contributed by atoms with van der Waals surface area (Å²) in [6.07, 6.45) is 1.70. The number of nitrogens with one attached hydrogen (secondary N) is 1. The van der Waals surface area contributed by atoms with E-state index in [0.29, 0.717) is 17.2 Å². The van der Waals surface area contributed by atoms with Gasteiger partial charge in [0.1, 0.15) is 11.1 Å². The fourth-order valence-electron chi connectivity index (χ4n) is 2.69. The Balaban J connectivity index is 1.76. The van der Waals surface area contributed by atoms with E-state index in [1.54, 1.807) is 30.0 Å². The van der Waals surface area contributed by atoms with Crippen molar-refractivity contribution in [2.24, 2.45) is 0 Å². The van der Waals surface area contributed by atoms with Crippen LogP contribution in [0.25, 0.3) is 11.0 Å². The van der Waals surface area contributed by atoms with E-state index in [1.807, 2.05) is 36.4 Å². The van der Waals surface area contributed by atoms with Gasteiger partial charge in [0.05, 0.1) is 18.2 Å². The highest BCUT2D eigenvalue weighted by atomic mass is 32.2. The molecule has 1 aliphatic heterocycles. The van der Waals surface area contributed by atoms with Gasteiger partial charge in [0, 0.05) is 6.20 Å². The zero-order valence-electron chi connectivity index (χ0n) is 12.4. The molecule has 0 spiro atoms. The Hall–Kier alpha value is -2.54. The number of carbonyl (C=O) groups excluding carboxylic acids is 1. The Morgan fingerprint density at radius 1 is 1.30 bits per heavy atom. The Labute approximate surface area is 136 Å². The molecule has 0 saturated carbocycles. The Kier molecular flexibility index (Phi) is 3.42. The average Bonchev–Trinajstić information content (AvgIpc) is 3.18. The molecule has 116 valence electrons. The van der Waals surface area contributed by atoms with Crippen LogP contribution in [0.2, 0.25) is 0 Å². The van der Waals surface area contributed by atoms with Gasteiger partial charge in [-0.05, 0) is 29.8 Å². The van der Waals surface area contributed by atoms with E-state index < -0.39 is 0 Å². The smallest absolute Gasteiger partial charge is 0.239 e. The number of methoxy groups -OCH3 is 1. The zero-order valence-corrected chi connectivity index (χ0v) is 13.2. The van der Waals surface area contributed by atoms with Crippen LogP contribution < -0.4 is 9.64 Å². The topological polar surface area (TPSA) is 71.1 Å². The molecule has 0 aliphatic carbocycles. The maximum atomic E-state index is 12.4. The number of hydrogen-bond acceptors (Lipinski definition) is 5. The number of thioether (sulfide) groups is 1. The summed E-state index contributed by atoms with van der Waals surface area (Å²) in [5, 5.41) is 7.96. The predicted octanol–water partition coefficient (Wildman–Crippen LogP) is 2.75. The first-order chi connectivity index (χ1) is 11.3. The van der Waals surface area contributed by atoms with E-state index >= 15 is 0 Å². The van der Waals surface area contributed by atoms with Crippen molar-refractivity contribution < 1.29 is 9.53 Å². The first kappa shape index (κ1) is 14.1. The van der Waals surface area contributed by atoms with Crippen molar-refractivity contribution in [3.8, 4) is 5.75 Å². The maximum Gasteiger partial charge on any atom is 0.239 e. The second-order valence-corrected chi connectivity index (χ2v) is 6.22. The quantitative estimate of drug-likeness (QED) is 0.801. The molecule has 1 N–H and O–H groups in total. The van der Waals surface area contributed by atoms with Crippen molar-refractivity contribution >= 4 is 34.5 Å². The predicted molar refractivity (Wildman–Crippen MR) is 89.6 cm³/mol. The van der Waals surface area contributed by atoms with Crippen LogP contribution in [-0.2, 0) is 4.79 Å². The van der Waals surface area contributed by atoms with E-state index in [-0.39, 0.29) is 11.3 Å². The highest BCUT2D eigenvalue weighted by molar-refractivity contribution is 8.00. The number of ether oxygens (including phenoxy) is 1. The van der Waals surface area contributed by atoms with Crippen LogP contribution in [0.4, 0.5) is 5.82 Å². The molecule has 3 aromatic rings. The van der Waals surface area contributed by atoms with Crippen LogP contribution in [0.3, 0.4) is 0 Å². The third kappa shape index (κ3) is 2.33. The largest absolute Gasteiger partial charge is 0.497 e. The molecule has 4 rings (SSSR count). The van der Waals surface area contributed by atoms with E-state index in [1.165, 1.54) is 0 Å². The van der Waals surface area contributed by atoms with Crippen molar-refractivity contribution in [3.05, 3.63) is 48.2 Å². The number of H-pyrrole nitrogens is 1. The van der Waals surface area contributed by atoms with Crippen LogP contribution in [0, 0.1) is 0 Å². The zero-order chi connectivity index (χ0) is 15.8. The second-order valence-electron chi connectivity index (χ2n) is 5.15. The van der Waals surface area contributed by atoms with Gasteiger partial charge in [0.25, 0.3) is 0 Å². The first-order valence-corrected chi connectivity index (χ1v) is 8.19. The van der Waals surface area contributed by atoms with Crippen molar-refractivity contribution in [1.29, 1.82) is 0 Å². The SMILES string of the molecule is COc1ccc([C@@H]2SCC(=O)N2c2n[nH]c3ncccc23)cc1. The summed E-state index contributed by atoms with van der Waals surface area (Å²) >= 11 is 1.59. The number of rotatable bonds is 3. The first-order valence-electron chi connectivity index (χ1n) is 7.14. The molecular formula is C16H14N4O2S. The molecule has 1 aromatic carbocycles. The number of hydrogen-bond donors (Lipinski definition) is 1. The molecule has 1 fully saturated rings. The molecule has 0 bridgehead atoms. The second kappa shape index (κ2) is 5.58. The number of nitrogens with zero attached hydrogens (tertiary/aromatic N) is 3. The Morgan fingerprint density at radius 2 is 2.13 bits per heavy atom. The van der Waals surface area contributed by atoms with Crippen LogP contribution in [0.15, 0.2) is 42.6 Å². The van der Waals surface area contributed by atoms with Crippen LogP contribution in [-0.4, -0.2) is 34.0 Å². The molecule has 7 heteroatoms. The van der Waals surface area contributed by atoms with Crippen LogP contribution in [0.1, 0.15) is 10.9 Å². The van der Waals surface area contributed by atoms with Crippen LogP contribution >= 0.6 is 11.8 Å². The van der Waals surface area contributed by atoms with Gasteiger partial charge in [-0.3, -0.25) is 14.8 Å². The van der Waals surface area contributed by atoms with Gasteiger partial charge in [0.2, 0.25) is 5.91 Å². The summed E-state index contributed by atoms with van der Waals surface area (Å²) in [5.74, 6) is 1.91. The molecular weight excluding hydrogens is 312 g/mol. The Morgan fingerprint density at radius 3 is 2.91 bits per heavy atom. The molecule has 2 aromatic heterocycles. The van der Waals surface area contributed by atoms with Crippen LogP contribution in [0.5, 0.6) is 5.75 Å². The average molecular weight is 326 g/mol. The fourth-order valence-corrected chi connectivity index (χ4v) is 3.85. The van der Waals surface area contributed by atoms with Gasteiger partial charge >= 0.3 is 0 Å². The van der Waals surface area contributed by atoms with Gasteiger partial charge < -0.3 is 4.74 Å². The van der Waals surface area contributed by atoms with E-state index in [0.717, 1.165) is 16.7 Å². The molecule has 1 atom stereocenters. The van der Waals surface area contributed by atoms with Crippen molar-refractivity contribution in [2.75, 3.05) is 17.8 Å². The Bertz CT molecular complexity index is 862. The molecule has 0 radical (unpaired) electrons. The monoisotopic (exact) mass is 326 g/mol. The van der Waals surface area contributed by atoms with Gasteiger partial charge in [-0.2, -0.15) is 5.10 Å². The summed E-state index contributed by atoms with van der Waals surface area (Å²) in [6, 6.07) is 11.5. The number of carbonyl (C=O) groups is 1. The lowest BCUT2D eigenvalue weighted by atomic mass is 10.2. The third-order valence-electron chi connectivity index (χ3n) is 3.81. The summed E-state index contributed by atoms with van der Waals surface area (Å²) in [6.45, 7) is 0. The number of aromatic nitrogens is 3. The summed E-state index contributed by atoms with van der Waals surface area (Å²) in [7, 11) is 1.64. The minimum Gasteiger partial charge on any atom is -0.497 e. The van der Waals surface area contributed by atoms with Crippen molar-refractivity contribution in [2.45, 2.75) is 5.37 Å². The lowest BCUT2D eigenvalue weighted by molar-refractivity contribution is -0.115. The maximum absolute atomic E-state index is 12.4. The molecule has 1 amide bonds. The molecule has 1 saturated heterocycles. The normalized spacial score (nSPS) is 17.9. The van der Waals surface area contributed by atoms with Crippen molar-refractivity contribution in [1.82, 2.24) is 15.2 Å². The number of anilines is 1. The van der Waals surface area contributed by atoms with Crippen molar-refractivity contribution in [3.63, 3.8) is 0 Å². The number of pyridine rings is 1. The van der Waals surface area contributed by atoms with Gasteiger partial charge in [-0.25, -0.2) is 4.98 Å². The lowest BCUT2D eigenvalue weighted by Gasteiger charge is -2.22. The molecule has 1 aliphatic rings. The third-order valence-corrected chi connectivity index (χ3v) is 5.03. The summed E-state index contributed by atoms with van der Waals surface area (Å²) < 4.78 is 5.20. The molecule has 6 nitrogen and oxygen atoms in total. The number of benzene rings is 1. The summed E-state index contributed by atoms with van der Waals surface area (Å²) in [5.41, 5.74) is 1.72. The van der Waals surface area contributed by atoms with E-state index in [4.69, 9.17) is 4.74 Å². The minimum atomic E-state index is -0.0971. The van der Waals surface area contributed by atoms with Gasteiger partial charge in [0.15, 0.2) is 11.5 Å². The highest BCUT2D eigenvalue weighted by Crippen LogP contribution is 2.43. The molecule has 3 heterocycles. The van der Waals surface area contributed by atoms with E-state index in [9.17, 15) is 4.79 Å². The fraction of sp³-hybridized carbons (Fsp3) is 0.188. The highest BCUT2D eigenvalue weighted by Gasteiger charge is 2.36. The number of aromatic amines is 1. The van der Waals surface area contributed by atoms with Gasteiger partial charge in [-0.1, -0.05) is 12.1 Å².